The Hall–Kier alpha value is 1.75. The van der Waals surface area contributed by atoms with Crippen molar-refractivity contribution in [2.45, 2.75) is 38.2 Å². The van der Waals surface area contributed by atoms with Crippen LogP contribution in [0.25, 0.3) is 0 Å². The molecule has 58 valence electrons. The summed E-state index contributed by atoms with van der Waals surface area (Å²) >= 11 is 9.34. The van der Waals surface area contributed by atoms with Crippen LogP contribution in [-0.4, -0.2) is 10.5 Å². The molecule has 0 aromatic carbocycles. The van der Waals surface area contributed by atoms with E-state index < -0.39 is 0 Å². The van der Waals surface area contributed by atoms with Crippen molar-refractivity contribution >= 4 is 29.2 Å². The fraction of sp³-hybridized carbons (Fsp3) is 0.857. The van der Waals surface area contributed by atoms with Crippen LogP contribution in [0.15, 0.2) is 0 Å². The van der Waals surface area contributed by atoms with E-state index in [1.54, 1.807) is 0 Å². The second kappa shape index (κ2) is 7.18. The van der Waals surface area contributed by atoms with Gasteiger partial charge in [0.05, 0.1) is 6.10 Å². The largest absolute Gasteiger partial charge is 1.00 e. The summed E-state index contributed by atoms with van der Waals surface area (Å²) in [7, 11) is 0. The van der Waals surface area contributed by atoms with Crippen molar-refractivity contribution in [2.24, 2.45) is 0 Å². The Labute approximate surface area is 121 Å². The molecule has 0 unspecified atom stereocenters. The van der Waals surface area contributed by atoms with Crippen molar-refractivity contribution in [3.05, 3.63) is 0 Å². The predicted octanol–water partition coefficient (Wildman–Crippen LogP) is -0.828. The van der Waals surface area contributed by atoms with Crippen molar-refractivity contribution < 1.29 is 56.1 Å². The van der Waals surface area contributed by atoms with Crippen molar-refractivity contribution in [3.8, 4) is 0 Å². The summed E-state index contributed by atoms with van der Waals surface area (Å²) < 4.78 is 5.52. The minimum Gasteiger partial charge on any atom is -0.510 e. The molecule has 0 spiro atoms. The normalized spacial score (nSPS) is 18.5. The molecule has 1 saturated carbocycles. The second-order valence-corrected chi connectivity index (χ2v) is 3.63. The predicted molar refractivity (Wildman–Crippen MR) is 47.9 cm³/mol. The summed E-state index contributed by atoms with van der Waals surface area (Å²) in [6.45, 7) is 0. The Balaban J connectivity index is 0.000001000. The summed E-state index contributed by atoms with van der Waals surface area (Å²) in [6, 6.07) is 0. The summed E-state index contributed by atoms with van der Waals surface area (Å²) in [5, 5.41) is 0. The van der Waals surface area contributed by atoms with Gasteiger partial charge in [0.25, 0.3) is 0 Å². The standard InChI is InChI=1S/C7H12OS2.K/c9-7(10)8-6-4-2-1-3-5-6;/h6H,1-5H2,(H,9,10);/q;+1/p-1. The minimum atomic E-state index is 0. The molecule has 11 heavy (non-hydrogen) atoms. The average Bonchev–Trinajstić information content (AvgIpc) is 1.88. The van der Waals surface area contributed by atoms with Crippen LogP contribution in [0.4, 0.5) is 0 Å². The van der Waals surface area contributed by atoms with Crippen LogP contribution in [0, 0.1) is 0 Å². The van der Waals surface area contributed by atoms with E-state index in [4.69, 9.17) is 4.74 Å². The SMILES string of the molecule is S=C([S-])OC1CCCCC1.[K+]. The van der Waals surface area contributed by atoms with Crippen molar-refractivity contribution in [2.75, 3.05) is 0 Å². The van der Waals surface area contributed by atoms with Crippen molar-refractivity contribution in [1.29, 1.82) is 0 Å². The smallest absolute Gasteiger partial charge is 0.510 e. The molecule has 1 aliphatic rings. The monoisotopic (exact) mass is 214 g/mol. The summed E-state index contributed by atoms with van der Waals surface area (Å²) in [5.74, 6) is 0. The fourth-order valence-electron chi connectivity index (χ4n) is 1.32. The van der Waals surface area contributed by atoms with E-state index in [-0.39, 0.29) is 55.8 Å². The van der Waals surface area contributed by atoms with Crippen LogP contribution in [0.5, 0.6) is 0 Å². The summed E-state index contributed by atoms with van der Waals surface area (Å²) in [6.07, 6.45) is 6.47. The van der Waals surface area contributed by atoms with Crippen LogP contribution in [0.3, 0.4) is 0 Å². The van der Waals surface area contributed by atoms with Crippen LogP contribution in [-0.2, 0) is 17.4 Å². The zero-order chi connectivity index (χ0) is 7.40. The summed E-state index contributed by atoms with van der Waals surface area (Å²) in [5.41, 5.74) is 0. The van der Waals surface area contributed by atoms with Crippen molar-refractivity contribution in [1.82, 2.24) is 0 Å². The first-order chi connectivity index (χ1) is 4.79. The van der Waals surface area contributed by atoms with E-state index >= 15 is 0 Å². The molecule has 0 aromatic heterocycles. The maximum absolute atomic E-state index is 5.24. The zero-order valence-corrected chi connectivity index (χ0v) is 11.6. The van der Waals surface area contributed by atoms with Gasteiger partial charge in [-0.05, 0) is 25.7 Å². The molecule has 0 radical (unpaired) electrons. The van der Waals surface area contributed by atoms with Gasteiger partial charge < -0.3 is 29.6 Å². The molecule has 0 amide bonds. The molecule has 0 aromatic rings. The molecule has 4 heteroatoms. The van der Waals surface area contributed by atoms with Crippen LogP contribution < -0.4 is 51.4 Å². The molecule has 1 fully saturated rings. The van der Waals surface area contributed by atoms with Gasteiger partial charge in [0.15, 0.2) is 0 Å². The zero-order valence-electron chi connectivity index (χ0n) is 6.84. The first-order valence-corrected chi connectivity index (χ1v) is 4.48. The third kappa shape index (κ3) is 5.90. The number of hydrogen-bond donors (Lipinski definition) is 0. The Morgan fingerprint density at radius 1 is 1.27 bits per heavy atom. The van der Waals surface area contributed by atoms with E-state index in [1.165, 1.54) is 19.3 Å². The molecule has 0 atom stereocenters. The van der Waals surface area contributed by atoms with Crippen molar-refractivity contribution in [3.63, 3.8) is 0 Å². The molecular weight excluding hydrogens is 203 g/mol. The van der Waals surface area contributed by atoms with Crippen LogP contribution in [0.1, 0.15) is 32.1 Å². The van der Waals surface area contributed by atoms with E-state index in [0.717, 1.165) is 12.8 Å². The molecule has 1 aliphatic carbocycles. The van der Waals surface area contributed by atoms with Gasteiger partial charge in [0, 0.05) is 4.38 Å². The first kappa shape index (κ1) is 12.7. The molecule has 0 saturated heterocycles. The quantitative estimate of drug-likeness (QED) is 0.320. The second-order valence-electron chi connectivity index (χ2n) is 2.63. The molecule has 0 N–H and O–H groups in total. The van der Waals surface area contributed by atoms with Gasteiger partial charge in [0.1, 0.15) is 0 Å². The molecule has 0 bridgehead atoms. The number of thiocarbonyl (C=S) groups is 1. The van der Waals surface area contributed by atoms with E-state index in [2.05, 4.69) is 24.8 Å². The maximum atomic E-state index is 5.24. The minimum absolute atomic E-state index is 0. The Bertz CT molecular complexity index is 124. The van der Waals surface area contributed by atoms with Gasteiger partial charge >= 0.3 is 51.4 Å². The van der Waals surface area contributed by atoms with Crippen LogP contribution >= 0.6 is 12.2 Å². The van der Waals surface area contributed by atoms with E-state index in [1.807, 2.05) is 0 Å². The number of rotatable bonds is 1. The first-order valence-electron chi connectivity index (χ1n) is 3.66. The maximum Gasteiger partial charge on any atom is 1.00 e. The average molecular weight is 214 g/mol. The van der Waals surface area contributed by atoms with Gasteiger partial charge in [-0.3, -0.25) is 0 Å². The van der Waals surface area contributed by atoms with Gasteiger partial charge in [0.2, 0.25) is 0 Å². The van der Waals surface area contributed by atoms with Crippen LogP contribution in [0.2, 0.25) is 0 Å². The van der Waals surface area contributed by atoms with Gasteiger partial charge in [-0.1, -0.05) is 6.42 Å². The molecular formula is C7H11KOS2. The fourth-order valence-corrected chi connectivity index (χ4v) is 1.59. The number of ether oxygens (including phenoxy) is 1. The van der Waals surface area contributed by atoms with E-state index in [0.29, 0.717) is 6.10 Å². The summed E-state index contributed by atoms with van der Waals surface area (Å²) in [4.78, 5) is 0. The third-order valence-corrected chi connectivity index (χ3v) is 2.01. The number of hydrogen-bond acceptors (Lipinski definition) is 3. The van der Waals surface area contributed by atoms with Gasteiger partial charge in [-0.15, -0.1) is 0 Å². The van der Waals surface area contributed by atoms with Gasteiger partial charge in [-0.25, -0.2) is 0 Å². The molecule has 0 heterocycles. The third-order valence-electron chi connectivity index (χ3n) is 1.82. The molecule has 0 aliphatic heterocycles. The Kier molecular flexibility index (Phi) is 8.32. The molecule has 1 rings (SSSR count). The van der Waals surface area contributed by atoms with E-state index in [9.17, 15) is 0 Å². The Morgan fingerprint density at radius 3 is 2.27 bits per heavy atom. The topological polar surface area (TPSA) is 9.23 Å². The molecule has 1 nitrogen and oxygen atoms in total. The Morgan fingerprint density at radius 2 is 1.82 bits per heavy atom. The van der Waals surface area contributed by atoms with Gasteiger partial charge in [-0.2, -0.15) is 0 Å².